The number of carbonyl (C=O) groups is 1. The molecule has 0 spiro atoms. The molecule has 0 fully saturated rings. The molecular formula is C21H21N3O4S. The molecule has 0 saturated heterocycles. The Kier molecular flexibility index (Phi) is 5.19. The van der Waals surface area contributed by atoms with Gasteiger partial charge in [-0.2, -0.15) is 0 Å². The summed E-state index contributed by atoms with van der Waals surface area (Å²) in [6.07, 6.45) is 4.79. The van der Waals surface area contributed by atoms with Crippen LogP contribution >= 0.6 is 11.8 Å². The van der Waals surface area contributed by atoms with E-state index in [9.17, 15) is 14.7 Å². The molecule has 0 radical (unpaired) electrons. The van der Waals surface area contributed by atoms with Crippen molar-refractivity contribution in [2.45, 2.75) is 23.9 Å². The molecule has 2 aromatic rings. The van der Waals surface area contributed by atoms with Crippen molar-refractivity contribution < 1.29 is 14.6 Å². The van der Waals surface area contributed by atoms with Crippen molar-refractivity contribution in [2.24, 2.45) is 5.92 Å². The Hall–Kier alpha value is -3.00. The third-order valence-electron chi connectivity index (χ3n) is 5.18. The summed E-state index contributed by atoms with van der Waals surface area (Å²) in [5.41, 5.74) is 1.52. The minimum atomic E-state index is -0.545. The maximum Gasteiger partial charge on any atom is 0.257 e. The van der Waals surface area contributed by atoms with Gasteiger partial charge in [0.25, 0.3) is 5.56 Å². The fourth-order valence-electron chi connectivity index (χ4n) is 3.93. The minimum absolute atomic E-state index is 0.0404. The van der Waals surface area contributed by atoms with Gasteiger partial charge in [0.2, 0.25) is 0 Å². The Morgan fingerprint density at radius 1 is 1.38 bits per heavy atom. The van der Waals surface area contributed by atoms with Gasteiger partial charge in [0.15, 0.2) is 16.7 Å². The first-order valence-electron chi connectivity index (χ1n) is 9.28. The topological polar surface area (TPSA) is 104 Å². The van der Waals surface area contributed by atoms with Gasteiger partial charge < -0.3 is 20.1 Å². The largest absolute Gasteiger partial charge is 0.504 e. The van der Waals surface area contributed by atoms with E-state index >= 15 is 0 Å². The van der Waals surface area contributed by atoms with Gasteiger partial charge in [-0.05, 0) is 24.1 Å². The van der Waals surface area contributed by atoms with Gasteiger partial charge in [-0.25, -0.2) is 4.98 Å². The molecule has 8 heteroatoms. The van der Waals surface area contributed by atoms with E-state index in [1.165, 1.54) is 18.9 Å². The molecular weight excluding hydrogens is 390 g/mol. The highest BCUT2D eigenvalue weighted by Crippen LogP contribution is 2.46. The van der Waals surface area contributed by atoms with Gasteiger partial charge in [0.05, 0.1) is 18.6 Å². The second kappa shape index (κ2) is 7.79. The summed E-state index contributed by atoms with van der Waals surface area (Å²) in [6.45, 7) is 3.69. The van der Waals surface area contributed by atoms with Crippen LogP contribution in [-0.2, 0) is 4.79 Å². The average molecular weight is 411 g/mol. The first-order valence-corrected chi connectivity index (χ1v) is 10.3. The number of aromatic nitrogens is 2. The molecule has 1 aliphatic carbocycles. The van der Waals surface area contributed by atoms with Crippen LogP contribution in [0.1, 0.15) is 29.9 Å². The van der Waals surface area contributed by atoms with Crippen molar-refractivity contribution in [1.82, 2.24) is 9.97 Å². The lowest BCUT2D eigenvalue weighted by atomic mass is 9.72. The monoisotopic (exact) mass is 411 g/mol. The van der Waals surface area contributed by atoms with Crippen molar-refractivity contribution >= 4 is 23.4 Å². The Morgan fingerprint density at radius 3 is 2.93 bits per heavy atom. The van der Waals surface area contributed by atoms with E-state index in [0.29, 0.717) is 46.4 Å². The molecule has 3 N–H and O–H groups in total. The van der Waals surface area contributed by atoms with Crippen molar-refractivity contribution in [3.63, 3.8) is 0 Å². The lowest BCUT2D eigenvalue weighted by Gasteiger charge is -2.36. The van der Waals surface area contributed by atoms with Crippen LogP contribution in [0.4, 0.5) is 5.82 Å². The first-order chi connectivity index (χ1) is 14.0. The van der Waals surface area contributed by atoms with Gasteiger partial charge in [-0.1, -0.05) is 30.0 Å². The van der Waals surface area contributed by atoms with E-state index in [4.69, 9.17) is 4.74 Å². The minimum Gasteiger partial charge on any atom is -0.504 e. The molecule has 150 valence electrons. The zero-order chi connectivity index (χ0) is 20.5. The van der Waals surface area contributed by atoms with Crippen molar-refractivity contribution in [3.8, 4) is 11.5 Å². The van der Waals surface area contributed by atoms with E-state index < -0.39 is 11.8 Å². The van der Waals surface area contributed by atoms with E-state index in [0.717, 1.165) is 5.70 Å². The predicted octanol–water partition coefficient (Wildman–Crippen LogP) is 3.18. The quantitative estimate of drug-likeness (QED) is 0.394. The molecule has 0 saturated carbocycles. The number of hydrogen-bond acceptors (Lipinski definition) is 7. The molecule has 4 rings (SSSR count). The number of H-pyrrole nitrogens is 1. The maximum atomic E-state index is 13.0. The number of fused-ring (bicyclic) bond motifs is 2. The smallest absolute Gasteiger partial charge is 0.257 e. The second-order valence-electron chi connectivity index (χ2n) is 6.91. The molecule has 1 aromatic heterocycles. The number of aromatic amines is 1. The summed E-state index contributed by atoms with van der Waals surface area (Å²) in [6, 6.07) is 4.97. The summed E-state index contributed by atoms with van der Waals surface area (Å²) in [5.74, 6) is 0.346. The fourth-order valence-corrected chi connectivity index (χ4v) is 4.53. The molecule has 0 unspecified atom stereocenters. The second-order valence-corrected chi connectivity index (χ2v) is 7.92. The van der Waals surface area contributed by atoms with Crippen molar-refractivity contribution in [3.05, 3.63) is 64.1 Å². The molecule has 2 heterocycles. The van der Waals surface area contributed by atoms with Crippen LogP contribution in [0.3, 0.4) is 0 Å². The van der Waals surface area contributed by atoms with Gasteiger partial charge in [-0.15, -0.1) is 6.58 Å². The number of aromatic hydroxyl groups is 1. The van der Waals surface area contributed by atoms with Crippen LogP contribution in [-0.4, -0.2) is 33.7 Å². The highest BCUT2D eigenvalue weighted by atomic mass is 32.2. The van der Waals surface area contributed by atoms with Crippen molar-refractivity contribution in [1.29, 1.82) is 0 Å². The Morgan fingerprint density at radius 2 is 2.21 bits per heavy atom. The lowest BCUT2D eigenvalue weighted by molar-refractivity contribution is -0.122. The average Bonchev–Trinajstić information content (AvgIpc) is 2.71. The normalized spacial score (nSPS) is 20.2. The Labute approximate surface area is 171 Å². The number of thioether (sulfide) groups is 1. The van der Waals surface area contributed by atoms with E-state index in [1.54, 1.807) is 24.3 Å². The van der Waals surface area contributed by atoms with E-state index in [2.05, 4.69) is 21.9 Å². The summed E-state index contributed by atoms with van der Waals surface area (Å²) in [7, 11) is 1.47. The van der Waals surface area contributed by atoms with E-state index in [-0.39, 0.29) is 17.1 Å². The first kappa shape index (κ1) is 19.3. The SMILES string of the molecule is C=CCSc1nc2c(c(=O)[nH]1)[C@@H](c1ccc(OC)c(O)c1)[C@@H]1C(=O)CCC=C1N2. The third-order valence-corrected chi connectivity index (χ3v) is 6.05. The number of ketones is 1. The number of phenols is 1. The highest BCUT2D eigenvalue weighted by molar-refractivity contribution is 7.99. The fraction of sp³-hybridized carbons (Fsp3) is 0.286. The third kappa shape index (κ3) is 3.44. The standard InChI is InChI=1S/C21H21N3O4S/c1-3-9-29-21-23-19-18(20(27)24-21)16(11-7-8-15(28-2)14(26)10-11)17-12(22-19)5-4-6-13(17)25/h3,5,7-8,10,16-17,26H,1,4,6,9H2,2H3,(H2,22,23,24,27)/t16-,17-/m0/s1. The number of hydrogen-bond donors (Lipinski definition) is 3. The lowest BCUT2D eigenvalue weighted by Crippen LogP contribution is -2.38. The summed E-state index contributed by atoms with van der Waals surface area (Å²) in [5, 5.41) is 14.0. The number of anilines is 1. The Balaban J connectivity index is 1.90. The number of phenolic OH excluding ortho intramolecular Hbond substituents is 1. The van der Waals surface area contributed by atoms with Crippen molar-refractivity contribution in [2.75, 3.05) is 18.2 Å². The summed E-state index contributed by atoms with van der Waals surface area (Å²) >= 11 is 1.37. The number of methoxy groups -OCH3 is 1. The number of ether oxygens (including phenoxy) is 1. The molecule has 29 heavy (non-hydrogen) atoms. The van der Waals surface area contributed by atoms with Gasteiger partial charge in [-0.3, -0.25) is 9.59 Å². The number of nitrogens with zero attached hydrogens (tertiary/aromatic N) is 1. The number of benzene rings is 1. The zero-order valence-corrected chi connectivity index (χ0v) is 16.7. The van der Waals surface area contributed by atoms with Gasteiger partial charge in [0, 0.05) is 23.8 Å². The molecule has 2 aliphatic rings. The van der Waals surface area contributed by atoms with Crippen LogP contribution in [0.15, 0.2) is 52.6 Å². The van der Waals surface area contributed by atoms with Crippen LogP contribution in [0.25, 0.3) is 0 Å². The number of nitrogens with one attached hydrogen (secondary N) is 2. The van der Waals surface area contributed by atoms with Crippen LogP contribution in [0.2, 0.25) is 0 Å². The molecule has 0 amide bonds. The van der Waals surface area contributed by atoms with Crippen LogP contribution in [0.5, 0.6) is 11.5 Å². The number of carbonyl (C=O) groups excluding carboxylic acids is 1. The Bertz CT molecular complexity index is 1080. The van der Waals surface area contributed by atoms with E-state index in [1.807, 2.05) is 6.08 Å². The summed E-state index contributed by atoms with van der Waals surface area (Å²) in [4.78, 5) is 33.2. The van der Waals surface area contributed by atoms with Gasteiger partial charge in [0.1, 0.15) is 11.6 Å². The zero-order valence-electron chi connectivity index (χ0n) is 15.9. The molecule has 0 bridgehead atoms. The predicted molar refractivity (Wildman–Crippen MR) is 112 cm³/mol. The highest BCUT2D eigenvalue weighted by Gasteiger charge is 2.42. The summed E-state index contributed by atoms with van der Waals surface area (Å²) < 4.78 is 5.13. The number of Topliss-reactive ketones (excluding diaryl/α,β-unsaturated/α-hetero) is 1. The molecule has 1 aliphatic heterocycles. The van der Waals surface area contributed by atoms with Crippen LogP contribution < -0.4 is 15.6 Å². The molecule has 1 aromatic carbocycles. The molecule has 2 atom stereocenters. The molecule has 7 nitrogen and oxygen atoms in total. The number of rotatable bonds is 5. The number of allylic oxidation sites excluding steroid dienone is 2. The maximum absolute atomic E-state index is 13.0. The van der Waals surface area contributed by atoms with Crippen LogP contribution in [0, 0.1) is 5.92 Å². The van der Waals surface area contributed by atoms with Gasteiger partial charge >= 0.3 is 0 Å².